The van der Waals surface area contributed by atoms with Gasteiger partial charge < -0.3 is 4.74 Å². The number of hydrogen-bond donors (Lipinski definition) is 0. The van der Waals surface area contributed by atoms with E-state index < -0.39 is 0 Å². The molecule has 98 valence electrons. The van der Waals surface area contributed by atoms with Gasteiger partial charge in [-0.3, -0.25) is 0 Å². The molecule has 0 unspecified atom stereocenters. The van der Waals surface area contributed by atoms with Crippen LogP contribution in [-0.2, 0) is 4.74 Å². The van der Waals surface area contributed by atoms with Gasteiger partial charge in [0.25, 0.3) is 0 Å². The van der Waals surface area contributed by atoms with Crippen molar-refractivity contribution in [2.45, 2.75) is 31.6 Å². The van der Waals surface area contributed by atoms with Gasteiger partial charge in [0.2, 0.25) is 0 Å². The molecular weight excluding hydrogens is 238 g/mol. The molecule has 1 aliphatic carbocycles. The minimum Gasteiger partial charge on any atom is -0.464 e. The van der Waals surface area contributed by atoms with Crippen molar-refractivity contribution >= 4 is 16.9 Å². The van der Waals surface area contributed by atoms with E-state index in [0.717, 1.165) is 5.52 Å². The Hall–Kier alpha value is -1.90. The molecule has 3 rings (SSSR count). The number of methoxy groups -OCH3 is 1. The van der Waals surface area contributed by atoms with Gasteiger partial charge in [0.15, 0.2) is 0 Å². The molecule has 3 heteroatoms. The second-order valence-corrected chi connectivity index (χ2v) is 5.08. The Morgan fingerprint density at radius 3 is 2.74 bits per heavy atom. The molecule has 1 aliphatic rings. The Morgan fingerprint density at radius 2 is 2.00 bits per heavy atom. The van der Waals surface area contributed by atoms with Crippen LogP contribution in [0.3, 0.4) is 0 Å². The summed E-state index contributed by atoms with van der Waals surface area (Å²) in [7, 11) is 1.38. The lowest BCUT2D eigenvalue weighted by Crippen LogP contribution is -2.04. The van der Waals surface area contributed by atoms with Crippen LogP contribution in [0, 0.1) is 0 Å². The average Bonchev–Trinajstić information content (AvgIpc) is 2.99. The number of carbonyl (C=O) groups excluding carboxylic acids is 1. The summed E-state index contributed by atoms with van der Waals surface area (Å²) in [6.45, 7) is 0. The maximum absolute atomic E-state index is 11.5. The van der Waals surface area contributed by atoms with Gasteiger partial charge in [-0.25, -0.2) is 9.78 Å². The summed E-state index contributed by atoms with van der Waals surface area (Å²) in [5.41, 5.74) is 2.63. The van der Waals surface area contributed by atoms with Crippen LogP contribution in [0.1, 0.15) is 47.7 Å². The zero-order chi connectivity index (χ0) is 13.2. The normalized spacial score (nSPS) is 15.8. The molecule has 1 heterocycles. The van der Waals surface area contributed by atoms with Crippen LogP contribution in [0.15, 0.2) is 30.3 Å². The largest absolute Gasteiger partial charge is 0.464 e. The van der Waals surface area contributed by atoms with Gasteiger partial charge >= 0.3 is 5.97 Å². The third kappa shape index (κ3) is 2.21. The SMILES string of the molecule is COC(=O)c1ccc2c(C3CCCC3)cccc2n1. The summed E-state index contributed by atoms with van der Waals surface area (Å²) < 4.78 is 4.71. The lowest BCUT2D eigenvalue weighted by atomic mass is 9.94. The number of esters is 1. The van der Waals surface area contributed by atoms with E-state index in [1.165, 1.54) is 43.7 Å². The highest BCUT2D eigenvalue weighted by molar-refractivity contribution is 5.92. The highest BCUT2D eigenvalue weighted by atomic mass is 16.5. The van der Waals surface area contributed by atoms with E-state index in [9.17, 15) is 4.79 Å². The fraction of sp³-hybridized carbons (Fsp3) is 0.375. The molecule has 3 nitrogen and oxygen atoms in total. The number of carbonyl (C=O) groups is 1. The van der Waals surface area contributed by atoms with Crippen molar-refractivity contribution in [1.82, 2.24) is 4.98 Å². The molecule has 0 spiro atoms. The van der Waals surface area contributed by atoms with E-state index >= 15 is 0 Å². The van der Waals surface area contributed by atoms with Gasteiger partial charge in [-0.1, -0.05) is 31.0 Å². The Kier molecular flexibility index (Phi) is 3.20. The smallest absolute Gasteiger partial charge is 0.356 e. The molecule has 1 fully saturated rings. The van der Waals surface area contributed by atoms with Gasteiger partial charge in [-0.15, -0.1) is 0 Å². The molecule has 0 atom stereocenters. The molecule has 0 aliphatic heterocycles. The van der Waals surface area contributed by atoms with E-state index in [1.807, 2.05) is 18.2 Å². The quantitative estimate of drug-likeness (QED) is 0.768. The maximum atomic E-state index is 11.5. The molecule has 2 aromatic rings. The van der Waals surface area contributed by atoms with Crippen LogP contribution in [0.5, 0.6) is 0 Å². The number of hydrogen-bond acceptors (Lipinski definition) is 3. The maximum Gasteiger partial charge on any atom is 0.356 e. The predicted molar refractivity (Wildman–Crippen MR) is 74.3 cm³/mol. The Balaban J connectivity index is 2.08. The zero-order valence-corrected chi connectivity index (χ0v) is 11.1. The standard InChI is InChI=1S/C16H17NO2/c1-19-16(18)15-10-9-13-12(11-5-2-3-6-11)7-4-8-14(13)17-15/h4,7-11H,2-3,5-6H2,1H3. The van der Waals surface area contributed by atoms with Crippen molar-refractivity contribution in [2.24, 2.45) is 0 Å². The van der Waals surface area contributed by atoms with Crippen molar-refractivity contribution in [3.8, 4) is 0 Å². The summed E-state index contributed by atoms with van der Waals surface area (Å²) in [6.07, 6.45) is 5.15. The summed E-state index contributed by atoms with van der Waals surface area (Å²) in [5, 5.41) is 1.17. The molecule has 1 aromatic carbocycles. The first-order chi connectivity index (χ1) is 9.29. The van der Waals surface area contributed by atoms with Crippen molar-refractivity contribution < 1.29 is 9.53 Å². The lowest BCUT2D eigenvalue weighted by molar-refractivity contribution is 0.0594. The second kappa shape index (κ2) is 5.00. The van der Waals surface area contributed by atoms with Crippen molar-refractivity contribution in [3.05, 3.63) is 41.6 Å². The highest BCUT2D eigenvalue weighted by Crippen LogP contribution is 2.37. The third-order valence-electron chi connectivity index (χ3n) is 3.96. The van der Waals surface area contributed by atoms with Crippen molar-refractivity contribution in [2.75, 3.05) is 7.11 Å². The molecule has 1 saturated carbocycles. The van der Waals surface area contributed by atoms with Gasteiger partial charge in [0.05, 0.1) is 12.6 Å². The summed E-state index contributed by atoms with van der Waals surface area (Å²) >= 11 is 0. The molecule has 0 N–H and O–H groups in total. The fourth-order valence-electron chi connectivity index (χ4n) is 2.99. The minimum absolute atomic E-state index is 0.374. The summed E-state index contributed by atoms with van der Waals surface area (Å²) in [5.74, 6) is 0.266. The van der Waals surface area contributed by atoms with Crippen LogP contribution in [0.2, 0.25) is 0 Å². The van der Waals surface area contributed by atoms with Crippen LogP contribution >= 0.6 is 0 Å². The number of rotatable bonds is 2. The third-order valence-corrected chi connectivity index (χ3v) is 3.96. The monoisotopic (exact) mass is 255 g/mol. The first-order valence-electron chi connectivity index (χ1n) is 6.77. The molecule has 1 aromatic heterocycles. The number of aromatic nitrogens is 1. The van der Waals surface area contributed by atoms with Crippen LogP contribution < -0.4 is 0 Å². The first kappa shape index (κ1) is 12.2. The summed E-state index contributed by atoms with van der Waals surface area (Å²) in [4.78, 5) is 15.9. The van der Waals surface area contributed by atoms with Crippen LogP contribution in [-0.4, -0.2) is 18.1 Å². The molecular formula is C16H17NO2. The fourth-order valence-corrected chi connectivity index (χ4v) is 2.99. The molecule has 0 radical (unpaired) electrons. The zero-order valence-electron chi connectivity index (χ0n) is 11.1. The van der Waals surface area contributed by atoms with Crippen LogP contribution in [0.4, 0.5) is 0 Å². The van der Waals surface area contributed by atoms with Crippen LogP contribution in [0.25, 0.3) is 10.9 Å². The average molecular weight is 255 g/mol. The predicted octanol–water partition coefficient (Wildman–Crippen LogP) is 3.68. The second-order valence-electron chi connectivity index (χ2n) is 5.08. The number of ether oxygens (including phenoxy) is 1. The number of benzene rings is 1. The van der Waals surface area contributed by atoms with Gasteiger partial charge in [-0.05, 0) is 36.5 Å². The summed E-state index contributed by atoms with van der Waals surface area (Å²) in [6, 6.07) is 9.94. The van der Waals surface area contributed by atoms with E-state index in [0.29, 0.717) is 11.6 Å². The van der Waals surface area contributed by atoms with Gasteiger partial charge in [-0.2, -0.15) is 0 Å². The minimum atomic E-state index is -0.381. The highest BCUT2D eigenvalue weighted by Gasteiger charge is 2.19. The number of nitrogens with zero attached hydrogens (tertiary/aromatic N) is 1. The van der Waals surface area contributed by atoms with Gasteiger partial charge in [0, 0.05) is 5.39 Å². The number of pyridine rings is 1. The topological polar surface area (TPSA) is 39.2 Å². The van der Waals surface area contributed by atoms with E-state index in [-0.39, 0.29) is 5.97 Å². The Morgan fingerprint density at radius 1 is 1.21 bits per heavy atom. The molecule has 0 bridgehead atoms. The van der Waals surface area contributed by atoms with Crippen molar-refractivity contribution in [3.63, 3.8) is 0 Å². The molecule has 0 amide bonds. The van der Waals surface area contributed by atoms with Gasteiger partial charge in [0.1, 0.15) is 5.69 Å². The first-order valence-corrected chi connectivity index (χ1v) is 6.77. The van der Waals surface area contributed by atoms with E-state index in [4.69, 9.17) is 4.74 Å². The number of fused-ring (bicyclic) bond motifs is 1. The molecule has 0 saturated heterocycles. The molecule has 19 heavy (non-hydrogen) atoms. The lowest BCUT2D eigenvalue weighted by Gasteiger charge is -2.13. The Bertz CT molecular complexity index is 615. The van der Waals surface area contributed by atoms with E-state index in [1.54, 1.807) is 6.07 Å². The Labute approximate surface area is 112 Å². The van der Waals surface area contributed by atoms with Crippen molar-refractivity contribution in [1.29, 1.82) is 0 Å². The van der Waals surface area contributed by atoms with E-state index in [2.05, 4.69) is 11.1 Å².